The van der Waals surface area contributed by atoms with E-state index in [1.807, 2.05) is 18.2 Å². The smallest absolute Gasteiger partial charge is 0.127 e. The summed E-state index contributed by atoms with van der Waals surface area (Å²) in [7, 11) is 0. The van der Waals surface area contributed by atoms with Crippen LogP contribution in [0.3, 0.4) is 0 Å². The van der Waals surface area contributed by atoms with Gasteiger partial charge >= 0.3 is 0 Å². The predicted octanol–water partition coefficient (Wildman–Crippen LogP) is 4.91. The molecule has 2 aromatic carbocycles. The van der Waals surface area contributed by atoms with Crippen LogP contribution in [0.15, 0.2) is 53.0 Å². The molecule has 1 atom stereocenters. The summed E-state index contributed by atoms with van der Waals surface area (Å²) in [6.45, 7) is 3.99. The van der Waals surface area contributed by atoms with E-state index in [9.17, 15) is 4.39 Å². The van der Waals surface area contributed by atoms with Crippen LogP contribution in [0.1, 0.15) is 30.4 Å². The van der Waals surface area contributed by atoms with Crippen molar-refractivity contribution in [2.75, 3.05) is 13.1 Å². The van der Waals surface area contributed by atoms with Crippen molar-refractivity contribution in [3.63, 3.8) is 0 Å². The molecule has 1 unspecified atom stereocenters. The molecule has 0 radical (unpaired) electrons. The van der Waals surface area contributed by atoms with Crippen LogP contribution in [-0.2, 0) is 6.42 Å². The Labute approximate surface area is 134 Å². The molecule has 0 heterocycles. The maximum absolute atomic E-state index is 13.9. The summed E-state index contributed by atoms with van der Waals surface area (Å²) in [4.78, 5) is 0. The molecule has 0 aromatic heterocycles. The predicted molar refractivity (Wildman–Crippen MR) is 90.1 cm³/mol. The fraction of sp³-hybridized carbons (Fsp3) is 0.333. The first-order chi connectivity index (χ1) is 10.2. The molecule has 0 saturated heterocycles. The zero-order valence-corrected chi connectivity index (χ0v) is 13.9. The van der Waals surface area contributed by atoms with Crippen molar-refractivity contribution in [1.82, 2.24) is 5.32 Å². The zero-order valence-electron chi connectivity index (χ0n) is 12.3. The zero-order chi connectivity index (χ0) is 15.1. The van der Waals surface area contributed by atoms with E-state index in [4.69, 9.17) is 0 Å². The number of nitrogens with one attached hydrogen (secondary N) is 1. The van der Waals surface area contributed by atoms with Crippen LogP contribution in [0.25, 0.3) is 0 Å². The molecule has 112 valence electrons. The lowest BCUT2D eigenvalue weighted by molar-refractivity contribution is 0.546. The largest absolute Gasteiger partial charge is 0.316 e. The first-order valence-corrected chi connectivity index (χ1v) is 8.19. The van der Waals surface area contributed by atoms with Crippen molar-refractivity contribution in [1.29, 1.82) is 0 Å². The average molecular weight is 350 g/mol. The first-order valence-electron chi connectivity index (χ1n) is 7.40. The highest BCUT2D eigenvalue weighted by Crippen LogP contribution is 2.23. The maximum atomic E-state index is 13.9. The molecule has 0 bridgehead atoms. The van der Waals surface area contributed by atoms with Crippen LogP contribution >= 0.6 is 15.9 Å². The van der Waals surface area contributed by atoms with Gasteiger partial charge in [-0.25, -0.2) is 4.39 Å². The van der Waals surface area contributed by atoms with Gasteiger partial charge in [0.05, 0.1) is 0 Å². The van der Waals surface area contributed by atoms with E-state index >= 15 is 0 Å². The summed E-state index contributed by atoms with van der Waals surface area (Å²) in [6.07, 6.45) is 1.69. The molecule has 0 spiro atoms. The van der Waals surface area contributed by atoms with Crippen molar-refractivity contribution in [3.05, 3.63) is 69.9 Å². The van der Waals surface area contributed by atoms with Crippen LogP contribution in [0.4, 0.5) is 4.39 Å². The van der Waals surface area contributed by atoms with Crippen molar-refractivity contribution >= 4 is 15.9 Å². The number of aryl methyl sites for hydroxylation is 1. The Bertz CT molecular complexity index is 556. The van der Waals surface area contributed by atoms with Gasteiger partial charge in [0, 0.05) is 11.0 Å². The standard InChI is InChI=1S/C18H21BrFN/c1-2-21-13-16(14-6-4-3-5-7-14)9-8-15-10-11-17(19)12-18(15)20/h3-7,10-12,16,21H,2,8-9,13H2,1H3. The molecule has 0 aliphatic carbocycles. The van der Waals surface area contributed by atoms with E-state index in [0.29, 0.717) is 5.92 Å². The third kappa shape index (κ3) is 4.94. The van der Waals surface area contributed by atoms with E-state index in [1.54, 1.807) is 0 Å². The number of hydrogen-bond acceptors (Lipinski definition) is 1. The maximum Gasteiger partial charge on any atom is 0.127 e. The summed E-state index contributed by atoms with van der Waals surface area (Å²) in [5.41, 5.74) is 2.10. The average Bonchev–Trinajstić information content (AvgIpc) is 2.50. The van der Waals surface area contributed by atoms with Crippen molar-refractivity contribution < 1.29 is 4.39 Å². The van der Waals surface area contributed by atoms with Crippen LogP contribution < -0.4 is 5.32 Å². The summed E-state index contributed by atoms with van der Waals surface area (Å²) in [6, 6.07) is 15.8. The highest BCUT2D eigenvalue weighted by molar-refractivity contribution is 9.10. The minimum Gasteiger partial charge on any atom is -0.316 e. The van der Waals surface area contributed by atoms with Gasteiger partial charge in [-0.15, -0.1) is 0 Å². The summed E-state index contributed by atoms with van der Waals surface area (Å²) < 4.78 is 14.7. The van der Waals surface area contributed by atoms with E-state index in [1.165, 1.54) is 11.6 Å². The number of halogens is 2. The Balaban J connectivity index is 2.05. The fourth-order valence-electron chi connectivity index (χ4n) is 2.48. The molecule has 0 amide bonds. The van der Waals surface area contributed by atoms with E-state index in [2.05, 4.69) is 52.4 Å². The van der Waals surface area contributed by atoms with Crippen LogP contribution in [0.5, 0.6) is 0 Å². The lowest BCUT2D eigenvalue weighted by atomic mass is 9.92. The molecule has 2 rings (SSSR count). The lowest BCUT2D eigenvalue weighted by Crippen LogP contribution is -2.21. The molecule has 1 N–H and O–H groups in total. The molecule has 2 aromatic rings. The minimum atomic E-state index is -0.125. The normalized spacial score (nSPS) is 12.3. The number of hydrogen-bond donors (Lipinski definition) is 1. The van der Waals surface area contributed by atoms with Crippen molar-refractivity contribution in [3.8, 4) is 0 Å². The molecule has 0 saturated carbocycles. The first kappa shape index (κ1) is 16.2. The van der Waals surface area contributed by atoms with Crippen molar-refractivity contribution in [2.24, 2.45) is 0 Å². The second kappa shape index (κ2) is 8.30. The molecule has 0 fully saturated rings. The Morgan fingerprint density at radius 2 is 1.90 bits per heavy atom. The van der Waals surface area contributed by atoms with Crippen LogP contribution in [0.2, 0.25) is 0 Å². The van der Waals surface area contributed by atoms with Gasteiger partial charge in [0.25, 0.3) is 0 Å². The lowest BCUT2D eigenvalue weighted by Gasteiger charge is -2.18. The molecule has 3 heteroatoms. The van der Waals surface area contributed by atoms with Gasteiger partial charge < -0.3 is 5.32 Å². The highest BCUT2D eigenvalue weighted by Gasteiger charge is 2.12. The molecule has 21 heavy (non-hydrogen) atoms. The molecule has 0 aliphatic rings. The molecular weight excluding hydrogens is 329 g/mol. The minimum absolute atomic E-state index is 0.125. The van der Waals surface area contributed by atoms with Gasteiger partial charge in [-0.1, -0.05) is 59.3 Å². The Hall–Kier alpha value is -1.19. The van der Waals surface area contributed by atoms with Gasteiger partial charge in [0.15, 0.2) is 0 Å². The van der Waals surface area contributed by atoms with Gasteiger partial charge in [0.1, 0.15) is 5.82 Å². The van der Waals surface area contributed by atoms with Gasteiger partial charge in [-0.2, -0.15) is 0 Å². The Kier molecular flexibility index (Phi) is 6.40. The number of likely N-dealkylation sites (N-methyl/N-ethyl adjacent to an activating group) is 1. The SMILES string of the molecule is CCNCC(CCc1ccc(Br)cc1F)c1ccccc1. The third-order valence-corrected chi connectivity index (χ3v) is 4.18. The van der Waals surface area contributed by atoms with Crippen LogP contribution in [-0.4, -0.2) is 13.1 Å². The van der Waals surface area contributed by atoms with Crippen molar-refractivity contribution in [2.45, 2.75) is 25.7 Å². The summed E-state index contributed by atoms with van der Waals surface area (Å²) in [5, 5.41) is 3.41. The van der Waals surface area contributed by atoms with Gasteiger partial charge in [-0.3, -0.25) is 0 Å². The number of rotatable bonds is 7. The van der Waals surface area contributed by atoms with Gasteiger partial charge in [-0.05, 0) is 48.6 Å². The second-order valence-electron chi connectivity index (χ2n) is 5.19. The Morgan fingerprint density at radius 3 is 2.57 bits per heavy atom. The second-order valence-corrected chi connectivity index (χ2v) is 6.11. The van der Waals surface area contributed by atoms with E-state index < -0.39 is 0 Å². The summed E-state index contributed by atoms with van der Waals surface area (Å²) in [5.74, 6) is 0.286. The quantitative estimate of drug-likeness (QED) is 0.748. The monoisotopic (exact) mass is 349 g/mol. The van der Waals surface area contributed by atoms with E-state index in [0.717, 1.165) is 36.0 Å². The highest BCUT2D eigenvalue weighted by atomic mass is 79.9. The fourth-order valence-corrected chi connectivity index (χ4v) is 2.82. The Morgan fingerprint density at radius 1 is 1.14 bits per heavy atom. The molecular formula is C18H21BrFN. The summed E-state index contributed by atoms with van der Waals surface area (Å²) >= 11 is 3.30. The third-order valence-electron chi connectivity index (χ3n) is 3.69. The molecule has 0 aliphatic heterocycles. The van der Waals surface area contributed by atoms with E-state index in [-0.39, 0.29) is 5.82 Å². The van der Waals surface area contributed by atoms with Crippen LogP contribution in [0, 0.1) is 5.82 Å². The van der Waals surface area contributed by atoms with Gasteiger partial charge in [0.2, 0.25) is 0 Å². The molecule has 1 nitrogen and oxygen atoms in total. The topological polar surface area (TPSA) is 12.0 Å². The number of benzene rings is 2.